The lowest BCUT2D eigenvalue weighted by atomic mass is 10.2. The topological polar surface area (TPSA) is 71.1 Å². The highest BCUT2D eigenvalue weighted by atomic mass is 32.2. The van der Waals surface area contributed by atoms with Crippen LogP contribution < -0.4 is 10.6 Å². The molecule has 0 atom stereocenters. The number of amides is 2. The van der Waals surface area contributed by atoms with Gasteiger partial charge in [-0.05, 0) is 30.3 Å². The zero-order chi connectivity index (χ0) is 17.6. The summed E-state index contributed by atoms with van der Waals surface area (Å²) in [6, 6.07) is 18.6. The Labute approximate surface area is 149 Å². The quantitative estimate of drug-likeness (QED) is 0.692. The van der Waals surface area contributed by atoms with E-state index in [0.29, 0.717) is 11.3 Å². The molecule has 5 nitrogen and oxygen atoms in total. The second kappa shape index (κ2) is 7.81. The number of carbonyl (C=O) groups is 2. The van der Waals surface area contributed by atoms with E-state index < -0.39 is 0 Å². The summed E-state index contributed by atoms with van der Waals surface area (Å²) < 4.78 is 0. The lowest BCUT2D eigenvalue weighted by Gasteiger charge is -2.07. The van der Waals surface area contributed by atoms with E-state index in [-0.39, 0.29) is 17.6 Å². The number of aromatic nitrogens is 1. The van der Waals surface area contributed by atoms with Gasteiger partial charge in [0.2, 0.25) is 5.91 Å². The smallest absolute Gasteiger partial charge is 0.251 e. The normalized spacial score (nSPS) is 10.4. The van der Waals surface area contributed by atoms with Crippen LogP contribution >= 0.6 is 11.8 Å². The number of fused-ring (bicyclic) bond motifs is 1. The van der Waals surface area contributed by atoms with E-state index in [9.17, 15) is 9.59 Å². The molecule has 0 aliphatic rings. The lowest BCUT2D eigenvalue weighted by molar-refractivity contribution is -0.113. The van der Waals surface area contributed by atoms with Crippen molar-refractivity contribution < 1.29 is 9.59 Å². The third kappa shape index (κ3) is 4.36. The van der Waals surface area contributed by atoms with Crippen molar-refractivity contribution in [3.63, 3.8) is 0 Å². The highest BCUT2D eigenvalue weighted by Crippen LogP contribution is 2.20. The molecule has 1 heterocycles. The number of nitrogens with one attached hydrogen (secondary N) is 2. The van der Waals surface area contributed by atoms with Crippen molar-refractivity contribution in [2.45, 2.75) is 5.03 Å². The van der Waals surface area contributed by atoms with Gasteiger partial charge in [-0.1, -0.05) is 42.1 Å². The first-order valence-electron chi connectivity index (χ1n) is 7.76. The fraction of sp³-hybridized carbons (Fsp3) is 0.105. The molecule has 0 fully saturated rings. The number of anilines is 1. The summed E-state index contributed by atoms with van der Waals surface area (Å²) in [6.45, 7) is 0. The molecule has 2 aromatic carbocycles. The van der Waals surface area contributed by atoms with E-state index in [4.69, 9.17) is 0 Å². The predicted octanol–water partition coefficient (Wildman–Crippen LogP) is 3.33. The van der Waals surface area contributed by atoms with Gasteiger partial charge in [0.15, 0.2) is 0 Å². The molecule has 0 unspecified atom stereocenters. The van der Waals surface area contributed by atoms with Crippen molar-refractivity contribution in [3.05, 3.63) is 66.2 Å². The molecule has 6 heteroatoms. The highest BCUT2D eigenvalue weighted by Gasteiger charge is 2.08. The summed E-state index contributed by atoms with van der Waals surface area (Å²) in [5, 5.41) is 7.23. The summed E-state index contributed by atoms with van der Waals surface area (Å²) in [5.41, 5.74) is 2.01. The fourth-order valence-corrected chi connectivity index (χ4v) is 3.03. The number of hydrogen-bond donors (Lipinski definition) is 2. The molecule has 0 saturated heterocycles. The number of rotatable bonds is 5. The Kier molecular flexibility index (Phi) is 5.30. The van der Waals surface area contributed by atoms with Crippen LogP contribution in [0.3, 0.4) is 0 Å². The molecule has 3 aromatic rings. The van der Waals surface area contributed by atoms with Gasteiger partial charge in [0.25, 0.3) is 5.91 Å². The Morgan fingerprint density at radius 1 is 1.04 bits per heavy atom. The summed E-state index contributed by atoms with van der Waals surface area (Å²) in [6.07, 6.45) is 0. The first kappa shape index (κ1) is 17.0. The van der Waals surface area contributed by atoms with Crippen LogP contribution in [-0.2, 0) is 4.79 Å². The Morgan fingerprint density at radius 3 is 2.72 bits per heavy atom. The number of hydrogen-bond acceptors (Lipinski definition) is 4. The number of benzene rings is 2. The van der Waals surface area contributed by atoms with E-state index in [1.54, 1.807) is 31.3 Å². The molecule has 2 amide bonds. The van der Waals surface area contributed by atoms with Gasteiger partial charge in [-0.25, -0.2) is 4.98 Å². The summed E-state index contributed by atoms with van der Waals surface area (Å²) in [7, 11) is 1.57. The second-order valence-electron chi connectivity index (χ2n) is 5.34. The molecule has 0 saturated carbocycles. The summed E-state index contributed by atoms with van der Waals surface area (Å²) in [4.78, 5) is 28.3. The molecule has 1 aromatic heterocycles. The van der Waals surface area contributed by atoms with E-state index in [0.717, 1.165) is 15.9 Å². The van der Waals surface area contributed by atoms with Gasteiger partial charge in [0.1, 0.15) is 0 Å². The van der Waals surface area contributed by atoms with Gasteiger partial charge in [-0.3, -0.25) is 9.59 Å². The molecule has 3 rings (SSSR count). The Morgan fingerprint density at radius 2 is 1.88 bits per heavy atom. The molecule has 0 spiro atoms. The predicted molar refractivity (Wildman–Crippen MR) is 101 cm³/mol. The van der Waals surface area contributed by atoms with E-state index in [2.05, 4.69) is 15.6 Å². The number of thioether (sulfide) groups is 1. The minimum Gasteiger partial charge on any atom is -0.355 e. The highest BCUT2D eigenvalue weighted by molar-refractivity contribution is 7.99. The van der Waals surface area contributed by atoms with Crippen molar-refractivity contribution in [3.8, 4) is 0 Å². The van der Waals surface area contributed by atoms with Gasteiger partial charge >= 0.3 is 0 Å². The molecule has 0 radical (unpaired) electrons. The second-order valence-corrected chi connectivity index (χ2v) is 6.33. The van der Waals surface area contributed by atoms with Crippen molar-refractivity contribution >= 4 is 40.2 Å². The van der Waals surface area contributed by atoms with Crippen LogP contribution in [0.5, 0.6) is 0 Å². The molecular weight excluding hydrogens is 334 g/mol. The minimum atomic E-state index is -0.189. The SMILES string of the molecule is CNC(=O)c1cccc(NC(=O)CSc2ccc3ccccc3n2)c1. The average Bonchev–Trinajstić information content (AvgIpc) is 2.65. The number of pyridine rings is 1. The maximum atomic E-state index is 12.1. The molecule has 126 valence electrons. The van der Waals surface area contributed by atoms with E-state index in [1.165, 1.54) is 11.8 Å². The van der Waals surface area contributed by atoms with Crippen molar-refractivity contribution in [2.24, 2.45) is 0 Å². The lowest BCUT2D eigenvalue weighted by Crippen LogP contribution is -2.19. The minimum absolute atomic E-state index is 0.144. The molecule has 0 aliphatic carbocycles. The van der Waals surface area contributed by atoms with Crippen LogP contribution in [0, 0.1) is 0 Å². The zero-order valence-corrected chi connectivity index (χ0v) is 14.5. The Hall–Kier alpha value is -2.86. The number of carbonyl (C=O) groups excluding carboxylic acids is 2. The summed E-state index contributed by atoms with van der Waals surface area (Å²) >= 11 is 1.38. The standard InChI is InChI=1S/C19H17N3O2S/c1-20-19(24)14-6-4-7-15(11-14)21-17(23)12-25-18-10-9-13-5-2-3-8-16(13)22-18/h2-11H,12H2,1H3,(H,20,24)(H,21,23). The third-order valence-electron chi connectivity index (χ3n) is 3.56. The molecular formula is C19H17N3O2S. The van der Waals surface area contributed by atoms with Gasteiger partial charge in [0.05, 0.1) is 16.3 Å². The molecule has 25 heavy (non-hydrogen) atoms. The number of para-hydroxylation sites is 1. The first-order chi connectivity index (χ1) is 12.2. The molecule has 0 aliphatic heterocycles. The Balaban J connectivity index is 1.61. The number of nitrogens with zero attached hydrogens (tertiary/aromatic N) is 1. The largest absolute Gasteiger partial charge is 0.355 e. The van der Waals surface area contributed by atoms with Crippen LogP contribution in [0.4, 0.5) is 5.69 Å². The average molecular weight is 351 g/mol. The van der Waals surface area contributed by atoms with Crippen molar-refractivity contribution in [1.82, 2.24) is 10.3 Å². The van der Waals surface area contributed by atoms with Gasteiger partial charge in [-0.15, -0.1) is 0 Å². The summed E-state index contributed by atoms with van der Waals surface area (Å²) in [5.74, 6) is -0.0879. The maximum absolute atomic E-state index is 12.1. The van der Waals surface area contributed by atoms with Gasteiger partial charge in [0, 0.05) is 23.7 Å². The maximum Gasteiger partial charge on any atom is 0.251 e. The van der Waals surface area contributed by atoms with E-state index >= 15 is 0 Å². The van der Waals surface area contributed by atoms with Crippen LogP contribution in [-0.4, -0.2) is 29.6 Å². The van der Waals surface area contributed by atoms with Crippen LogP contribution in [0.2, 0.25) is 0 Å². The van der Waals surface area contributed by atoms with Gasteiger partial charge in [-0.2, -0.15) is 0 Å². The van der Waals surface area contributed by atoms with E-state index in [1.807, 2.05) is 36.4 Å². The zero-order valence-electron chi connectivity index (χ0n) is 13.7. The monoisotopic (exact) mass is 351 g/mol. The van der Waals surface area contributed by atoms with Crippen molar-refractivity contribution in [2.75, 3.05) is 18.1 Å². The fourth-order valence-electron chi connectivity index (χ4n) is 2.35. The van der Waals surface area contributed by atoms with Gasteiger partial charge < -0.3 is 10.6 Å². The van der Waals surface area contributed by atoms with Crippen molar-refractivity contribution in [1.29, 1.82) is 0 Å². The first-order valence-corrected chi connectivity index (χ1v) is 8.75. The Bertz CT molecular complexity index is 927. The van der Waals surface area contributed by atoms with Crippen LogP contribution in [0.25, 0.3) is 10.9 Å². The molecule has 0 bridgehead atoms. The molecule has 2 N–H and O–H groups in total. The van der Waals surface area contributed by atoms with Crippen LogP contribution in [0.15, 0.2) is 65.7 Å². The third-order valence-corrected chi connectivity index (χ3v) is 4.49. The van der Waals surface area contributed by atoms with Crippen LogP contribution in [0.1, 0.15) is 10.4 Å².